The van der Waals surface area contributed by atoms with Gasteiger partial charge in [0.05, 0.1) is 0 Å². The van der Waals surface area contributed by atoms with E-state index in [0.717, 1.165) is 0 Å². The molecule has 0 radical (unpaired) electrons. The maximum absolute atomic E-state index is 2.39. The second-order valence-corrected chi connectivity index (χ2v) is 23.0. The van der Waals surface area contributed by atoms with E-state index in [1.807, 2.05) is 0 Å². The molecular formula is C4H12As2S2. The Labute approximate surface area is 67.5 Å². The SMILES string of the molecule is C[As](C)SS[As](C)C. The van der Waals surface area contributed by atoms with E-state index in [1.54, 1.807) is 0 Å². The molecule has 0 aliphatic rings. The molecule has 0 heterocycles. The Morgan fingerprint density at radius 2 is 1.00 bits per heavy atom. The van der Waals surface area contributed by atoms with Gasteiger partial charge >= 0.3 is 67.9 Å². The molecule has 0 N–H and O–H groups in total. The first kappa shape index (κ1) is 9.82. The molecule has 0 nitrogen and oxygen atoms in total. The van der Waals surface area contributed by atoms with E-state index in [-0.39, 0.29) is 27.0 Å². The van der Waals surface area contributed by atoms with Crippen LogP contribution in [-0.4, -0.2) is 27.0 Å². The Kier molecular flexibility index (Phi) is 6.86. The summed E-state index contributed by atoms with van der Waals surface area (Å²) < 4.78 is 0. The molecule has 0 atom stereocenters. The van der Waals surface area contributed by atoms with Crippen molar-refractivity contribution in [2.75, 3.05) is 0 Å². The van der Waals surface area contributed by atoms with Gasteiger partial charge < -0.3 is 0 Å². The molecule has 0 aromatic rings. The van der Waals surface area contributed by atoms with E-state index in [9.17, 15) is 0 Å². The summed E-state index contributed by atoms with van der Waals surface area (Å²) in [4.78, 5) is 0. The van der Waals surface area contributed by atoms with Gasteiger partial charge in [-0.2, -0.15) is 0 Å². The van der Waals surface area contributed by atoms with Gasteiger partial charge in [0.2, 0.25) is 0 Å². The predicted molar refractivity (Wildman–Crippen MR) is 50.1 cm³/mol. The van der Waals surface area contributed by atoms with E-state index in [4.69, 9.17) is 0 Å². The third-order valence-electron chi connectivity index (χ3n) is 0.331. The Morgan fingerprint density at radius 1 is 0.750 bits per heavy atom. The average Bonchev–Trinajstić information content (AvgIpc) is 1.61. The first-order valence-corrected chi connectivity index (χ1v) is 16.5. The second-order valence-electron chi connectivity index (χ2n) is 1.77. The Hall–Kier alpha value is 1.82. The molecule has 0 fully saturated rings. The number of rotatable bonds is 3. The molecular weight excluding hydrogens is 262 g/mol. The van der Waals surface area contributed by atoms with Crippen molar-refractivity contribution in [3.63, 3.8) is 0 Å². The van der Waals surface area contributed by atoms with Crippen molar-refractivity contribution in [1.29, 1.82) is 0 Å². The van der Waals surface area contributed by atoms with Gasteiger partial charge in [-0.25, -0.2) is 0 Å². The van der Waals surface area contributed by atoms with Crippen LogP contribution in [0.5, 0.6) is 0 Å². The molecule has 0 aliphatic carbocycles. The van der Waals surface area contributed by atoms with Gasteiger partial charge in [-0.05, 0) is 0 Å². The standard InChI is InChI=1S/C4H12As2S2/c1-5(2)7-8-6(3)4/h1-4H3. The summed E-state index contributed by atoms with van der Waals surface area (Å²) in [6, 6.07) is 0. The minimum absolute atomic E-state index is 0.366. The normalized spacial score (nSPS) is 11.2. The molecule has 0 saturated carbocycles. The fraction of sp³-hybridized carbons (Fsp3) is 1.00. The summed E-state index contributed by atoms with van der Waals surface area (Å²) in [5.41, 5.74) is 9.57. The van der Waals surface area contributed by atoms with Crippen molar-refractivity contribution in [2.45, 2.75) is 22.8 Å². The van der Waals surface area contributed by atoms with Crippen molar-refractivity contribution < 1.29 is 0 Å². The summed E-state index contributed by atoms with van der Waals surface area (Å²) in [6.45, 7) is 0. The molecule has 0 aromatic carbocycles. The van der Waals surface area contributed by atoms with Gasteiger partial charge in [-0.15, -0.1) is 0 Å². The molecule has 50 valence electrons. The summed E-state index contributed by atoms with van der Waals surface area (Å²) in [5, 5.41) is 0. The molecule has 0 saturated heterocycles. The molecule has 0 unspecified atom stereocenters. The fourth-order valence-corrected chi connectivity index (χ4v) is 32.4. The molecule has 4 heteroatoms. The van der Waals surface area contributed by atoms with E-state index in [0.29, 0.717) is 0 Å². The van der Waals surface area contributed by atoms with E-state index in [2.05, 4.69) is 41.0 Å². The number of hydrogen-bond acceptors (Lipinski definition) is 2. The van der Waals surface area contributed by atoms with Crippen LogP contribution in [0.3, 0.4) is 0 Å². The fourth-order valence-electron chi connectivity index (χ4n) is 0.133. The van der Waals surface area contributed by atoms with E-state index >= 15 is 0 Å². The van der Waals surface area contributed by atoms with Gasteiger partial charge in [0, 0.05) is 0 Å². The minimum atomic E-state index is -0.366. The molecule has 0 bridgehead atoms. The molecule has 8 heavy (non-hydrogen) atoms. The van der Waals surface area contributed by atoms with Crippen LogP contribution in [0.2, 0.25) is 22.8 Å². The van der Waals surface area contributed by atoms with Gasteiger partial charge in [-0.1, -0.05) is 0 Å². The average molecular weight is 274 g/mol. The van der Waals surface area contributed by atoms with Gasteiger partial charge in [-0.3, -0.25) is 0 Å². The van der Waals surface area contributed by atoms with Crippen LogP contribution in [0.4, 0.5) is 0 Å². The first-order valence-electron chi connectivity index (χ1n) is 2.32. The zero-order valence-electron chi connectivity index (χ0n) is 5.71. The summed E-state index contributed by atoms with van der Waals surface area (Å²) in [6.07, 6.45) is 0. The van der Waals surface area contributed by atoms with Crippen LogP contribution >= 0.6 is 18.1 Å². The molecule has 0 amide bonds. The van der Waals surface area contributed by atoms with Crippen LogP contribution in [0.15, 0.2) is 0 Å². The van der Waals surface area contributed by atoms with Crippen molar-refractivity contribution in [2.24, 2.45) is 0 Å². The van der Waals surface area contributed by atoms with Crippen LogP contribution in [0, 0.1) is 0 Å². The molecule has 0 aliphatic heterocycles. The van der Waals surface area contributed by atoms with Gasteiger partial charge in [0.25, 0.3) is 0 Å². The van der Waals surface area contributed by atoms with Crippen LogP contribution in [0.25, 0.3) is 0 Å². The van der Waals surface area contributed by atoms with E-state index < -0.39 is 0 Å². The van der Waals surface area contributed by atoms with Crippen molar-refractivity contribution in [1.82, 2.24) is 0 Å². The third kappa shape index (κ3) is 7.82. The van der Waals surface area contributed by atoms with Gasteiger partial charge in [0.1, 0.15) is 0 Å². The molecule has 0 rings (SSSR count). The van der Waals surface area contributed by atoms with Crippen LogP contribution < -0.4 is 0 Å². The quantitative estimate of drug-likeness (QED) is 0.573. The van der Waals surface area contributed by atoms with Crippen LogP contribution in [0.1, 0.15) is 0 Å². The molecule has 0 spiro atoms. The first-order chi connectivity index (χ1) is 3.63. The van der Waals surface area contributed by atoms with Gasteiger partial charge in [0.15, 0.2) is 0 Å². The topological polar surface area (TPSA) is 0 Å². The van der Waals surface area contributed by atoms with Crippen molar-refractivity contribution in [3.05, 3.63) is 0 Å². The second kappa shape index (κ2) is 5.59. The Bertz CT molecular complexity index is 48.0. The summed E-state index contributed by atoms with van der Waals surface area (Å²) in [7, 11) is 4.33. The monoisotopic (exact) mass is 274 g/mol. The van der Waals surface area contributed by atoms with Crippen molar-refractivity contribution in [3.8, 4) is 0 Å². The van der Waals surface area contributed by atoms with Crippen molar-refractivity contribution >= 4 is 45.1 Å². The van der Waals surface area contributed by atoms with E-state index in [1.165, 1.54) is 0 Å². The number of hydrogen-bond donors (Lipinski definition) is 0. The zero-order chi connectivity index (χ0) is 6.57. The summed E-state index contributed by atoms with van der Waals surface area (Å²) >= 11 is -0.732. The maximum atomic E-state index is 2.39. The summed E-state index contributed by atoms with van der Waals surface area (Å²) in [5.74, 6) is 0. The van der Waals surface area contributed by atoms with Crippen LogP contribution in [-0.2, 0) is 0 Å². The third-order valence-corrected chi connectivity index (χ3v) is 22.0. The zero-order valence-corrected chi connectivity index (χ0v) is 11.1. The molecule has 0 aromatic heterocycles. The predicted octanol–water partition coefficient (Wildman–Crippen LogP) is 2.87. The Morgan fingerprint density at radius 3 is 1.12 bits per heavy atom. The Balaban J connectivity index is 2.93.